The molecule has 0 spiro atoms. The number of aliphatic hydroxyl groups is 1. The zero-order chi connectivity index (χ0) is 50.8. The highest BCUT2D eigenvalue weighted by Gasteiger charge is 2.35. The Morgan fingerprint density at radius 1 is 0.642 bits per heavy atom. The molecule has 26 heteroatoms. The van der Waals surface area contributed by atoms with Crippen LogP contribution < -0.4 is 65.9 Å². The van der Waals surface area contributed by atoms with E-state index >= 15 is 0 Å². The minimum atomic E-state index is -1.63. The second-order valence-electron chi connectivity index (χ2n) is 17.0. The Bertz CT molecular complexity index is 1820. The number of H-pyrrole nitrogens is 1. The number of aliphatic imine (C=N–C) groups is 2. The van der Waals surface area contributed by atoms with Crippen LogP contribution in [0.15, 0.2) is 22.5 Å². The minimum absolute atomic E-state index is 0.0268. The van der Waals surface area contributed by atoms with E-state index in [9.17, 15) is 48.6 Å². The lowest BCUT2D eigenvalue weighted by Gasteiger charge is -2.28. The first-order chi connectivity index (χ1) is 31.5. The summed E-state index contributed by atoms with van der Waals surface area (Å²) in [5.41, 5.74) is 27.8. The molecule has 8 atom stereocenters. The summed E-state index contributed by atoms with van der Waals surface area (Å²) < 4.78 is 0. The highest BCUT2D eigenvalue weighted by Crippen LogP contribution is 2.12. The number of carbonyl (C=O) groups is 8. The van der Waals surface area contributed by atoms with E-state index in [-0.39, 0.29) is 88.3 Å². The number of carboxylic acid groups (broad SMARTS) is 1. The van der Waals surface area contributed by atoms with Gasteiger partial charge in [-0.3, -0.25) is 43.5 Å². The smallest absolute Gasteiger partial charge is 0.326 e. The SMILES string of the molecule is CC[C@H](C)[C@H](NC(=O)[C@H](CO)NC(=O)[C@H](Cc1cnc[nH]1)NC(=O)[C@H](CCCN=C(N)N)NC(=O)[C@H](CCCN=C(N)N)NC(=O)[C@H](CC(C)C)NC(=O)[C@H](CC(C)C)NC(=O)CN)C(=O)O. The van der Waals surface area contributed by atoms with Crippen LogP contribution >= 0.6 is 0 Å². The summed E-state index contributed by atoms with van der Waals surface area (Å²) in [5.74, 6) is -8.06. The minimum Gasteiger partial charge on any atom is -0.480 e. The van der Waals surface area contributed by atoms with Crippen LogP contribution in [0.4, 0.5) is 0 Å². The van der Waals surface area contributed by atoms with Crippen LogP contribution in [0.25, 0.3) is 0 Å². The van der Waals surface area contributed by atoms with E-state index < -0.39 is 102 Å². The fourth-order valence-electron chi connectivity index (χ4n) is 6.52. The molecule has 1 rings (SSSR count). The van der Waals surface area contributed by atoms with Gasteiger partial charge in [-0.05, 0) is 56.3 Å². The van der Waals surface area contributed by atoms with Gasteiger partial charge in [0.1, 0.15) is 42.3 Å². The van der Waals surface area contributed by atoms with Gasteiger partial charge >= 0.3 is 5.97 Å². The average molecular weight is 951 g/mol. The molecule has 7 amide bonds. The van der Waals surface area contributed by atoms with Gasteiger partial charge in [0.2, 0.25) is 41.4 Å². The number of aliphatic carboxylic acids is 1. The van der Waals surface area contributed by atoms with E-state index in [4.69, 9.17) is 28.7 Å². The number of nitrogens with two attached hydrogens (primary N) is 5. The Morgan fingerprint density at radius 2 is 1.06 bits per heavy atom. The van der Waals surface area contributed by atoms with Crippen LogP contribution in [-0.4, -0.2) is 148 Å². The summed E-state index contributed by atoms with van der Waals surface area (Å²) >= 11 is 0. The molecule has 0 bridgehead atoms. The lowest BCUT2D eigenvalue weighted by atomic mass is 9.99. The Labute approximate surface area is 390 Å². The molecule has 1 heterocycles. The molecule has 67 heavy (non-hydrogen) atoms. The van der Waals surface area contributed by atoms with Crippen molar-refractivity contribution in [2.24, 2.45) is 56.4 Å². The Hall–Kier alpha value is -6.57. The molecule has 0 radical (unpaired) electrons. The van der Waals surface area contributed by atoms with Crippen LogP contribution in [0.2, 0.25) is 0 Å². The molecular weight excluding hydrogens is 877 g/mol. The number of nitrogens with zero attached hydrogens (tertiary/aromatic N) is 3. The normalized spacial score (nSPS) is 14.7. The van der Waals surface area contributed by atoms with E-state index in [0.29, 0.717) is 12.1 Å². The van der Waals surface area contributed by atoms with Crippen LogP contribution in [0.5, 0.6) is 0 Å². The van der Waals surface area contributed by atoms with Crippen molar-refractivity contribution >= 4 is 59.2 Å². The lowest BCUT2D eigenvalue weighted by molar-refractivity contribution is -0.144. The van der Waals surface area contributed by atoms with Gasteiger partial charge in [0, 0.05) is 31.4 Å². The van der Waals surface area contributed by atoms with Crippen molar-refractivity contribution in [3.8, 4) is 0 Å². The first-order valence-corrected chi connectivity index (χ1v) is 22.3. The quantitative estimate of drug-likeness (QED) is 0.0184. The van der Waals surface area contributed by atoms with Crippen LogP contribution in [0, 0.1) is 17.8 Å². The second-order valence-corrected chi connectivity index (χ2v) is 17.0. The molecule has 0 fully saturated rings. The van der Waals surface area contributed by atoms with Gasteiger partial charge in [0.15, 0.2) is 11.9 Å². The van der Waals surface area contributed by atoms with Crippen LogP contribution in [-0.2, 0) is 44.8 Å². The summed E-state index contributed by atoms with van der Waals surface area (Å²) in [6.07, 6.45) is 3.38. The number of aliphatic hydroxyl groups excluding tert-OH is 1. The molecule has 0 aliphatic heterocycles. The van der Waals surface area contributed by atoms with Crippen molar-refractivity contribution in [1.82, 2.24) is 47.2 Å². The summed E-state index contributed by atoms with van der Waals surface area (Å²) in [7, 11) is 0. The van der Waals surface area contributed by atoms with E-state index in [1.165, 1.54) is 12.5 Å². The first kappa shape index (κ1) is 58.4. The van der Waals surface area contributed by atoms with Crippen molar-refractivity contribution in [3.63, 3.8) is 0 Å². The van der Waals surface area contributed by atoms with Gasteiger partial charge in [-0.15, -0.1) is 0 Å². The largest absolute Gasteiger partial charge is 0.480 e. The topological polar surface area (TPSA) is 445 Å². The lowest BCUT2D eigenvalue weighted by Crippen LogP contribution is -2.61. The molecule has 0 unspecified atom stereocenters. The van der Waals surface area contributed by atoms with Crippen molar-refractivity contribution in [3.05, 3.63) is 18.2 Å². The summed E-state index contributed by atoms with van der Waals surface area (Å²) in [5, 5.41) is 37.7. The summed E-state index contributed by atoms with van der Waals surface area (Å²) in [6, 6.07) is -9.38. The molecule has 26 nitrogen and oxygen atoms in total. The molecule has 0 aliphatic carbocycles. The monoisotopic (exact) mass is 951 g/mol. The van der Waals surface area contributed by atoms with Gasteiger partial charge in [-0.2, -0.15) is 0 Å². The number of amides is 7. The zero-order valence-electron chi connectivity index (χ0n) is 39.3. The maximum Gasteiger partial charge on any atom is 0.326 e. The summed E-state index contributed by atoms with van der Waals surface area (Å²) in [4.78, 5) is 122. The number of aromatic amines is 1. The molecule has 1 aromatic heterocycles. The number of carboxylic acids is 1. The number of guanidine groups is 2. The Balaban J connectivity index is 3.59. The number of aromatic nitrogens is 2. The zero-order valence-corrected chi connectivity index (χ0v) is 39.3. The average Bonchev–Trinajstić information content (AvgIpc) is 3.77. The standard InChI is InChI=1S/C41H74N16O10/c1-7-23(6)32(39(66)67)57-38(65)30(19-58)56-37(64)29(16-24-18-47-20-50-24)55-34(61)26(11-9-13-49-41(45)46)52-33(60)25(10-8-12-48-40(43)44)53-36(63)28(15-22(4)5)54-35(62)27(14-21(2)3)51-31(59)17-42/h18,20-23,25-30,32,58H,7-17,19,42H2,1-6H3,(H,47,50)(H,51,59)(H,52,60)(H,53,63)(H,54,62)(H,55,61)(H,56,64)(H,57,65)(H,66,67)(H4,43,44,48)(H4,45,46,49)/t23-,25-,26-,27-,28-,29-,30-,32-/m0/s1. The Kier molecular flexibility index (Phi) is 26.7. The number of nitrogens with one attached hydrogen (secondary N) is 8. The van der Waals surface area contributed by atoms with Crippen molar-refractivity contribution in [2.75, 3.05) is 26.2 Å². The molecule has 0 saturated heterocycles. The number of imidazole rings is 1. The van der Waals surface area contributed by atoms with E-state index in [1.807, 2.05) is 27.7 Å². The fourth-order valence-corrected chi connectivity index (χ4v) is 6.52. The van der Waals surface area contributed by atoms with E-state index in [1.54, 1.807) is 13.8 Å². The van der Waals surface area contributed by atoms with Crippen molar-refractivity contribution in [1.29, 1.82) is 0 Å². The third-order valence-electron chi connectivity index (χ3n) is 10.2. The molecule has 0 aromatic carbocycles. The third kappa shape index (κ3) is 22.9. The van der Waals surface area contributed by atoms with Gasteiger partial charge in [0.05, 0.1) is 19.5 Å². The van der Waals surface area contributed by atoms with Gasteiger partial charge < -0.3 is 81.1 Å². The molecule has 0 saturated carbocycles. The number of hydrogen-bond acceptors (Lipinski definition) is 13. The number of hydrogen-bond donors (Lipinski definition) is 15. The second kappa shape index (κ2) is 30.6. The van der Waals surface area contributed by atoms with Crippen molar-refractivity contribution in [2.45, 2.75) is 135 Å². The van der Waals surface area contributed by atoms with Gasteiger partial charge in [-0.25, -0.2) is 9.78 Å². The molecule has 0 aliphatic rings. The highest BCUT2D eigenvalue weighted by molar-refractivity contribution is 5.97. The molecule has 20 N–H and O–H groups in total. The molecule has 1 aromatic rings. The van der Waals surface area contributed by atoms with Crippen LogP contribution in [0.1, 0.15) is 92.2 Å². The van der Waals surface area contributed by atoms with Crippen molar-refractivity contribution < 1.29 is 48.6 Å². The van der Waals surface area contributed by atoms with E-state index in [2.05, 4.69) is 57.2 Å². The first-order valence-electron chi connectivity index (χ1n) is 22.3. The predicted molar refractivity (Wildman–Crippen MR) is 248 cm³/mol. The molecule has 378 valence electrons. The highest BCUT2D eigenvalue weighted by atomic mass is 16.4. The van der Waals surface area contributed by atoms with Crippen LogP contribution in [0.3, 0.4) is 0 Å². The maximum atomic E-state index is 14.2. The Morgan fingerprint density at radius 3 is 1.46 bits per heavy atom. The van der Waals surface area contributed by atoms with Gasteiger partial charge in [-0.1, -0.05) is 48.0 Å². The fraction of sp³-hybridized carbons (Fsp3) is 0.683. The van der Waals surface area contributed by atoms with Gasteiger partial charge in [0.25, 0.3) is 0 Å². The van der Waals surface area contributed by atoms with E-state index in [0.717, 1.165) is 0 Å². The maximum absolute atomic E-state index is 14.2. The predicted octanol–water partition coefficient (Wildman–Crippen LogP) is -4.37. The summed E-state index contributed by atoms with van der Waals surface area (Å²) in [6.45, 7) is 9.47. The third-order valence-corrected chi connectivity index (χ3v) is 10.2. The number of rotatable bonds is 32. The molecular formula is C41H74N16O10. The number of carbonyl (C=O) groups excluding carboxylic acids is 7.